The van der Waals surface area contributed by atoms with Gasteiger partial charge in [-0.1, -0.05) is 38.1 Å². The largest absolute Gasteiger partial charge is 0.481 e. The molecule has 2 atom stereocenters. The number of carboxylic acids is 1. The van der Waals surface area contributed by atoms with E-state index < -0.39 is 11.9 Å². The lowest BCUT2D eigenvalue weighted by Crippen LogP contribution is -2.26. The fraction of sp³-hybridized carbons (Fsp3) is 0.429. The number of carboxylic acid groups (broad SMARTS) is 1. The van der Waals surface area contributed by atoms with Crippen molar-refractivity contribution >= 4 is 11.8 Å². The van der Waals surface area contributed by atoms with Crippen molar-refractivity contribution in [1.82, 2.24) is 0 Å². The molecule has 0 radical (unpaired) electrons. The van der Waals surface area contributed by atoms with Crippen LogP contribution in [0.4, 0.5) is 0 Å². The lowest BCUT2D eigenvalue weighted by Gasteiger charge is -2.18. The number of Topliss-reactive ketones (excluding diaryl/α,β-unsaturated/α-hetero) is 1. The van der Waals surface area contributed by atoms with E-state index in [1.807, 2.05) is 24.3 Å². The molecule has 3 heteroatoms. The first-order chi connectivity index (χ1) is 7.97. The summed E-state index contributed by atoms with van der Waals surface area (Å²) in [5.41, 5.74) is 2.10. The topological polar surface area (TPSA) is 54.4 Å². The van der Waals surface area contributed by atoms with Gasteiger partial charge in [-0.2, -0.15) is 0 Å². The molecule has 0 amide bonds. The molecule has 1 N–H and O–H groups in total. The highest BCUT2D eigenvalue weighted by atomic mass is 16.4. The van der Waals surface area contributed by atoms with Crippen LogP contribution in [0.1, 0.15) is 37.8 Å². The summed E-state index contributed by atoms with van der Waals surface area (Å²) in [6, 6.07) is 7.76. The average molecular weight is 234 g/mol. The summed E-state index contributed by atoms with van der Waals surface area (Å²) < 4.78 is 0. The number of carbonyl (C=O) groups is 2. The summed E-state index contributed by atoms with van der Waals surface area (Å²) in [4.78, 5) is 22.4. The van der Waals surface area contributed by atoms with Crippen LogP contribution >= 0.6 is 0 Å². The number of aliphatic carboxylic acids is 1. The maximum Gasteiger partial charge on any atom is 0.314 e. The van der Waals surface area contributed by atoms with Crippen LogP contribution in [-0.4, -0.2) is 16.9 Å². The Balaban J connectivity index is 2.97. The summed E-state index contributed by atoms with van der Waals surface area (Å²) in [5, 5.41) is 9.06. The number of rotatable bonds is 5. The third-order valence-electron chi connectivity index (χ3n) is 3.12. The van der Waals surface area contributed by atoms with Gasteiger partial charge in [0.25, 0.3) is 0 Å². The summed E-state index contributed by atoms with van der Waals surface area (Å²) >= 11 is 0. The van der Waals surface area contributed by atoms with Crippen LogP contribution in [0.2, 0.25) is 0 Å². The molecule has 17 heavy (non-hydrogen) atoms. The monoisotopic (exact) mass is 234 g/mol. The minimum atomic E-state index is -1.05. The average Bonchev–Trinajstić information content (AvgIpc) is 2.28. The van der Waals surface area contributed by atoms with Crippen molar-refractivity contribution < 1.29 is 14.7 Å². The van der Waals surface area contributed by atoms with E-state index in [9.17, 15) is 9.59 Å². The van der Waals surface area contributed by atoms with E-state index in [4.69, 9.17) is 5.11 Å². The second kappa shape index (κ2) is 5.62. The molecular formula is C14H18O3. The number of ketones is 1. The standard InChI is InChI=1S/C14H18O3/c1-4-11-5-7-12(8-6-11)9(2)13(10(3)15)14(16)17/h5-9,13H,4H2,1-3H3,(H,16,17)/t9-,13-/m1/s1. The molecule has 0 aromatic heterocycles. The maximum atomic E-state index is 11.3. The van der Waals surface area contributed by atoms with Gasteiger partial charge < -0.3 is 5.11 Å². The van der Waals surface area contributed by atoms with Crippen molar-refractivity contribution in [3.8, 4) is 0 Å². The van der Waals surface area contributed by atoms with Crippen LogP contribution < -0.4 is 0 Å². The Labute approximate surface area is 101 Å². The fourth-order valence-corrected chi connectivity index (χ4v) is 1.99. The Morgan fingerprint density at radius 3 is 2.12 bits per heavy atom. The number of aryl methyl sites for hydroxylation is 1. The van der Waals surface area contributed by atoms with Crippen LogP contribution in [0.25, 0.3) is 0 Å². The first kappa shape index (κ1) is 13.4. The summed E-state index contributed by atoms with van der Waals surface area (Å²) in [7, 11) is 0. The van der Waals surface area contributed by atoms with Gasteiger partial charge in [-0.3, -0.25) is 9.59 Å². The van der Waals surface area contributed by atoms with Crippen molar-refractivity contribution in [2.45, 2.75) is 33.1 Å². The minimum absolute atomic E-state index is 0.295. The molecule has 1 rings (SSSR count). The quantitative estimate of drug-likeness (QED) is 0.797. The van der Waals surface area contributed by atoms with E-state index in [-0.39, 0.29) is 11.7 Å². The van der Waals surface area contributed by atoms with E-state index >= 15 is 0 Å². The molecule has 1 aromatic rings. The van der Waals surface area contributed by atoms with Crippen LogP contribution in [0.15, 0.2) is 24.3 Å². The van der Waals surface area contributed by atoms with Gasteiger partial charge in [0.15, 0.2) is 0 Å². The summed E-state index contributed by atoms with van der Waals surface area (Å²) in [6.07, 6.45) is 0.948. The highest BCUT2D eigenvalue weighted by molar-refractivity contribution is 5.97. The molecule has 0 heterocycles. The lowest BCUT2D eigenvalue weighted by molar-refractivity contribution is -0.146. The Hall–Kier alpha value is -1.64. The zero-order valence-electron chi connectivity index (χ0n) is 10.4. The lowest BCUT2D eigenvalue weighted by atomic mass is 9.85. The van der Waals surface area contributed by atoms with Gasteiger partial charge in [-0.25, -0.2) is 0 Å². The molecule has 92 valence electrons. The van der Waals surface area contributed by atoms with E-state index in [2.05, 4.69) is 6.92 Å². The van der Waals surface area contributed by atoms with Crippen molar-refractivity contribution in [2.24, 2.45) is 5.92 Å². The minimum Gasteiger partial charge on any atom is -0.481 e. The van der Waals surface area contributed by atoms with E-state index in [0.717, 1.165) is 12.0 Å². The van der Waals surface area contributed by atoms with Crippen LogP contribution in [0.5, 0.6) is 0 Å². The Morgan fingerprint density at radius 2 is 1.76 bits per heavy atom. The molecule has 0 unspecified atom stereocenters. The third-order valence-corrected chi connectivity index (χ3v) is 3.12. The van der Waals surface area contributed by atoms with Gasteiger partial charge in [0.1, 0.15) is 11.7 Å². The molecular weight excluding hydrogens is 216 g/mol. The van der Waals surface area contributed by atoms with Gasteiger partial charge in [-0.15, -0.1) is 0 Å². The maximum absolute atomic E-state index is 11.3. The second-order valence-corrected chi connectivity index (χ2v) is 4.31. The van der Waals surface area contributed by atoms with Crippen LogP contribution in [0, 0.1) is 5.92 Å². The van der Waals surface area contributed by atoms with E-state index in [1.165, 1.54) is 12.5 Å². The smallest absolute Gasteiger partial charge is 0.314 e. The van der Waals surface area contributed by atoms with Gasteiger partial charge in [-0.05, 0) is 24.5 Å². The summed E-state index contributed by atoms with van der Waals surface area (Å²) in [6.45, 7) is 5.17. The molecule has 0 aliphatic carbocycles. The Morgan fingerprint density at radius 1 is 1.24 bits per heavy atom. The normalized spacial score (nSPS) is 14.1. The van der Waals surface area contributed by atoms with Gasteiger partial charge in [0, 0.05) is 5.92 Å². The number of hydrogen-bond donors (Lipinski definition) is 1. The summed E-state index contributed by atoms with van der Waals surface area (Å²) in [5.74, 6) is -2.60. The first-order valence-electron chi connectivity index (χ1n) is 5.79. The highest BCUT2D eigenvalue weighted by Gasteiger charge is 2.29. The zero-order valence-corrected chi connectivity index (χ0v) is 10.4. The number of benzene rings is 1. The molecule has 0 bridgehead atoms. The highest BCUT2D eigenvalue weighted by Crippen LogP contribution is 2.25. The predicted octanol–water partition coefficient (Wildman–Crippen LogP) is 2.64. The van der Waals surface area contributed by atoms with Crippen LogP contribution in [0.3, 0.4) is 0 Å². The van der Waals surface area contributed by atoms with Crippen molar-refractivity contribution in [2.75, 3.05) is 0 Å². The molecule has 0 fully saturated rings. The Kier molecular flexibility index (Phi) is 4.44. The van der Waals surface area contributed by atoms with Gasteiger partial charge in [0.2, 0.25) is 0 Å². The van der Waals surface area contributed by atoms with E-state index in [1.54, 1.807) is 6.92 Å². The molecule has 0 aliphatic heterocycles. The molecule has 1 aromatic carbocycles. The number of carbonyl (C=O) groups excluding carboxylic acids is 1. The third kappa shape index (κ3) is 3.16. The molecule has 0 aliphatic rings. The van der Waals surface area contributed by atoms with Gasteiger partial charge >= 0.3 is 5.97 Å². The van der Waals surface area contributed by atoms with Crippen LogP contribution in [-0.2, 0) is 16.0 Å². The predicted molar refractivity (Wildman–Crippen MR) is 66.0 cm³/mol. The SMILES string of the molecule is CCc1ccc([C@@H](C)[C@H](C(C)=O)C(=O)O)cc1. The molecule has 0 saturated heterocycles. The van der Waals surface area contributed by atoms with E-state index in [0.29, 0.717) is 0 Å². The first-order valence-corrected chi connectivity index (χ1v) is 5.79. The van der Waals surface area contributed by atoms with Crippen molar-refractivity contribution in [3.05, 3.63) is 35.4 Å². The fourth-order valence-electron chi connectivity index (χ4n) is 1.99. The Bertz CT molecular complexity index is 392. The van der Waals surface area contributed by atoms with Crippen molar-refractivity contribution in [1.29, 1.82) is 0 Å². The zero-order chi connectivity index (χ0) is 13.0. The number of hydrogen-bond acceptors (Lipinski definition) is 2. The van der Waals surface area contributed by atoms with Gasteiger partial charge in [0.05, 0.1) is 0 Å². The second-order valence-electron chi connectivity index (χ2n) is 4.31. The molecule has 0 saturated carbocycles. The van der Waals surface area contributed by atoms with Crippen molar-refractivity contribution in [3.63, 3.8) is 0 Å². The molecule has 0 spiro atoms. The molecule has 3 nitrogen and oxygen atoms in total.